The van der Waals surface area contributed by atoms with Crippen LogP contribution in [0.15, 0.2) is 29.6 Å². The van der Waals surface area contributed by atoms with Crippen molar-refractivity contribution in [2.24, 2.45) is 0 Å². The van der Waals surface area contributed by atoms with Crippen molar-refractivity contribution < 1.29 is 9.53 Å². The summed E-state index contributed by atoms with van der Waals surface area (Å²) in [7, 11) is 0. The molecule has 2 aromatic rings. The number of nitrogens with two attached hydrogens (primary N) is 1. The molecule has 7 heteroatoms. The molecule has 1 aliphatic rings. The molecule has 2 heterocycles. The summed E-state index contributed by atoms with van der Waals surface area (Å²) in [6.07, 6.45) is 0.227. The molecule has 6 nitrogen and oxygen atoms in total. The van der Waals surface area contributed by atoms with Crippen LogP contribution in [0.2, 0.25) is 0 Å². The van der Waals surface area contributed by atoms with E-state index in [2.05, 4.69) is 15.2 Å². The van der Waals surface area contributed by atoms with Crippen molar-refractivity contribution in [3.05, 3.63) is 35.3 Å². The number of carbonyl (C=O) groups is 1. The number of nitrogens with one attached hydrogen (secondary N) is 1. The summed E-state index contributed by atoms with van der Waals surface area (Å²) in [4.78, 5) is 18.5. The Morgan fingerprint density at radius 1 is 1.36 bits per heavy atom. The number of anilines is 3. The lowest BCUT2D eigenvalue weighted by molar-refractivity contribution is -0.115. The van der Waals surface area contributed by atoms with Crippen LogP contribution < -0.4 is 16.0 Å². The molecule has 1 aliphatic heterocycles. The van der Waals surface area contributed by atoms with E-state index < -0.39 is 0 Å². The third-order valence-electron chi connectivity index (χ3n) is 3.44. The molecule has 0 atom stereocenters. The predicted octanol–water partition coefficient (Wildman–Crippen LogP) is 1.74. The lowest BCUT2D eigenvalue weighted by atomic mass is 10.2. The third-order valence-corrected chi connectivity index (χ3v) is 4.16. The Hall–Kier alpha value is -2.12. The molecule has 1 aromatic carbocycles. The topological polar surface area (TPSA) is 80.5 Å². The highest BCUT2D eigenvalue weighted by atomic mass is 32.1. The largest absolute Gasteiger partial charge is 0.378 e. The van der Waals surface area contributed by atoms with Gasteiger partial charge in [-0.25, -0.2) is 4.98 Å². The van der Waals surface area contributed by atoms with Gasteiger partial charge in [0, 0.05) is 18.5 Å². The fourth-order valence-corrected chi connectivity index (χ4v) is 2.98. The smallest absolute Gasteiger partial charge is 0.230 e. The molecule has 0 spiro atoms. The van der Waals surface area contributed by atoms with Gasteiger partial charge in [0.15, 0.2) is 5.13 Å². The van der Waals surface area contributed by atoms with Gasteiger partial charge in [0.2, 0.25) is 5.91 Å². The number of para-hydroxylation sites is 2. The summed E-state index contributed by atoms with van der Waals surface area (Å²) in [6, 6.07) is 7.82. The van der Waals surface area contributed by atoms with E-state index in [-0.39, 0.29) is 12.3 Å². The number of hydrogen-bond donors (Lipinski definition) is 2. The number of morpholine rings is 1. The number of amides is 1. The molecule has 0 radical (unpaired) electrons. The molecule has 0 saturated carbocycles. The Morgan fingerprint density at radius 2 is 2.14 bits per heavy atom. The lowest BCUT2D eigenvalue weighted by Gasteiger charge is -2.30. The van der Waals surface area contributed by atoms with Crippen molar-refractivity contribution in [3.63, 3.8) is 0 Å². The van der Waals surface area contributed by atoms with Crippen LogP contribution in [0.25, 0.3) is 0 Å². The minimum Gasteiger partial charge on any atom is -0.378 e. The Bertz CT molecular complexity index is 652. The number of carbonyl (C=O) groups excluding carboxylic acids is 1. The molecule has 22 heavy (non-hydrogen) atoms. The number of ether oxygens (including phenoxy) is 1. The van der Waals surface area contributed by atoms with Crippen LogP contribution in [0.4, 0.5) is 16.5 Å². The number of nitrogen functional groups attached to an aromatic ring is 1. The van der Waals surface area contributed by atoms with Gasteiger partial charge in [-0.1, -0.05) is 12.1 Å². The zero-order valence-electron chi connectivity index (χ0n) is 12.1. The molecule has 3 rings (SSSR count). The van der Waals surface area contributed by atoms with Crippen LogP contribution in [-0.2, 0) is 16.0 Å². The second kappa shape index (κ2) is 6.76. The zero-order valence-corrected chi connectivity index (χ0v) is 12.9. The van der Waals surface area contributed by atoms with Crippen LogP contribution >= 0.6 is 11.3 Å². The van der Waals surface area contributed by atoms with Crippen molar-refractivity contribution in [2.45, 2.75) is 6.42 Å². The van der Waals surface area contributed by atoms with Crippen molar-refractivity contribution in [1.82, 2.24) is 4.98 Å². The molecular formula is C15H18N4O2S. The van der Waals surface area contributed by atoms with E-state index in [0.29, 0.717) is 24.0 Å². The Labute approximate surface area is 132 Å². The Balaban J connectivity index is 1.70. The summed E-state index contributed by atoms with van der Waals surface area (Å²) >= 11 is 1.34. The maximum absolute atomic E-state index is 12.2. The monoisotopic (exact) mass is 318 g/mol. The molecule has 0 unspecified atom stereocenters. The van der Waals surface area contributed by atoms with E-state index >= 15 is 0 Å². The highest BCUT2D eigenvalue weighted by molar-refractivity contribution is 7.13. The molecule has 116 valence electrons. The van der Waals surface area contributed by atoms with Gasteiger partial charge in [0.05, 0.1) is 36.7 Å². The molecule has 1 aromatic heterocycles. The normalized spacial score (nSPS) is 14.8. The van der Waals surface area contributed by atoms with Crippen molar-refractivity contribution >= 4 is 33.8 Å². The number of thiazole rings is 1. The second-order valence-electron chi connectivity index (χ2n) is 5.02. The first-order valence-corrected chi connectivity index (χ1v) is 8.02. The average molecular weight is 318 g/mol. The summed E-state index contributed by atoms with van der Waals surface area (Å²) in [5.74, 6) is -0.0917. The fourth-order valence-electron chi connectivity index (χ4n) is 2.42. The maximum atomic E-state index is 12.2. The van der Waals surface area contributed by atoms with Crippen LogP contribution in [0, 0.1) is 0 Å². The first-order chi connectivity index (χ1) is 10.7. The SMILES string of the molecule is Nc1nc(CC(=O)Nc2ccccc2N2CCOCC2)cs1. The van der Waals surface area contributed by atoms with Crippen LogP contribution in [-0.4, -0.2) is 37.2 Å². The minimum absolute atomic E-state index is 0.0917. The van der Waals surface area contributed by atoms with Crippen LogP contribution in [0.3, 0.4) is 0 Å². The predicted molar refractivity (Wildman–Crippen MR) is 88.3 cm³/mol. The van der Waals surface area contributed by atoms with Gasteiger partial charge in [-0.15, -0.1) is 11.3 Å². The van der Waals surface area contributed by atoms with Crippen molar-refractivity contribution in [1.29, 1.82) is 0 Å². The van der Waals surface area contributed by atoms with E-state index in [1.54, 1.807) is 0 Å². The molecular weight excluding hydrogens is 300 g/mol. The first-order valence-electron chi connectivity index (χ1n) is 7.14. The molecule has 1 amide bonds. The van der Waals surface area contributed by atoms with Gasteiger partial charge in [-0.2, -0.15) is 0 Å². The molecule has 1 fully saturated rings. The Morgan fingerprint density at radius 3 is 2.86 bits per heavy atom. The lowest BCUT2D eigenvalue weighted by Crippen LogP contribution is -2.36. The number of hydrogen-bond acceptors (Lipinski definition) is 6. The summed E-state index contributed by atoms with van der Waals surface area (Å²) in [6.45, 7) is 3.08. The van der Waals surface area contributed by atoms with Crippen molar-refractivity contribution in [2.75, 3.05) is 42.3 Å². The standard InChI is InChI=1S/C15H18N4O2S/c16-15-17-11(10-22-15)9-14(20)18-12-3-1-2-4-13(12)19-5-7-21-8-6-19/h1-4,10H,5-9H2,(H2,16,17)(H,18,20). The number of nitrogens with zero attached hydrogens (tertiary/aromatic N) is 2. The number of aromatic nitrogens is 1. The van der Waals surface area contributed by atoms with E-state index in [1.165, 1.54) is 11.3 Å². The van der Waals surface area contributed by atoms with Crippen molar-refractivity contribution in [3.8, 4) is 0 Å². The van der Waals surface area contributed by atoms with E-state index in [4.69, 9.17) is 10.5 Å². The number of benzene rings is 1. The van der Waals surface area contributed by atoms with Gasteiger partial charge < -0.3 is 20.7 Å². The van der Waals surface area contributed by atoms with Gasteiger partial charge in [0.25, 0.3) is 0 Å². The minimum atomic E-state index is -0.0917. The summed E-state index contributed by atoms with van der Waals surface area (Å²) in [5.41, 5.74) is 8.13. The summed E-state index contributed by atoms with van der Waals surface area (Å²) in [5, 5.41) is 5.26. The fraction of sp³-hybridized carbons (Fsp3) is 0.333. The van der Waals surface area contributed by atoms with E-state index in [9.17, 15) is 4.79 Å². The highest BCUT2D eigenvalue weighted by Gasteiger charge is 2.16. The molecule has 0 bridgehead atoms. The highest BCUT2D eigenvalue weighted by Crippen LogP contribution is 2.26. The van der Waals surface area contributed by atoms with Gasteiger partial charge >= 0.3 is 0 Å². The van der Waals surface area contributed by atoms with Gasteiger partial charge in [0.1, 0.15) is 0 Å². The third kappa shape index (κ3) is 3.55. The average Bonchev–Trinajstić information content (AvgIpc) is 2.93. The molecule has 1 saturated heterocycles. The Kier molecular flexibility index (Phi) is 4.55. The first kappa shape index (κ1) is 14.8. The molecule has 3 N–H and O–H groups in total. The maximum Gasteiger partial charge on any atom is 0.230 e. The summed E-state index contributed by atoms with van der Waals surface area (Å²) < 4.78 is 5.38. The van der Waals surface area contributed by atoms with Gasteiger partial charge in [-0.3, -0.25) is 4.79 Å². The van der Waals surface area contributed by atoms with Crippen LogP contribution in [0.5, 0.6) is 0 Å². The second-order valence-corrected chi connectivity index (χ2v) is 5.91. The number of rotatable bonds is 4. The zero-order chi connectivity index (χ0) is 15.4. The quantitative estimate of drug-likeness (QED) is 0.897. The van der Waals surface area contributed by atoms with Crippen LogP contribution in [0.1, 0.15) is 5.69 Å². The van der Waals surface area contributed by atoms with Gasteiger partial charge in [-0.05, 0) is 12.1 Å². The van der Waals surface area contributed by atoms with E-state index in [1.807, 2.05) is 29.6 Å². The van der Waals surface area contributed by atoms with E-state index in [0.717, 1.165) is 24.5 Å². The molecule has 0 aliphatic carbocycles.